The first-order chi connectivity index (χ1) is 7.72. The molecule has 1 rings (SSSR count). The van der Waals surface area contributed by atoms with Gasteiger partial charge in [-0.3, -0.25) is 0 Å². The molecule has 0 heterocycles. The molecule has 0 aromatic heterocycles. The van der Waals surface area contributed by atoms with Gasteiger partial charge in [0.2, 0.25) is 0 Å². The molecule has 5 heteroatoms. The number of anilines is 1. The summed E-state index contributed by atoms with van der Waals surface area (Å²) < 4.78 is 9.73. The van der Waals surface area contributed by atoms with Gasteiger partial charge in [0.15, 0.2) is 0 Å². The summed E-state index contributed by atoms with van der Waals surface area (Å²) in [6.45, 7) is 0.395. The topological polar surface area (TPSA) is 67.8 Å². The summed E-state index contributed by atoms with van der Waals surface area (Å²) in [6.07, 6.45) is 0. The lowest BCUT2D eigenvalue weighted by atomic mass is 10.2. The number of esters is 1. The number of hydrogen-bond donors (Lipinski definition) is 2. The molecule has 0 amide bonds. The van der Waals surface area contributed by atoms with E-state index in [4.69, 9.17) is 9.84 Å². The summed E-state index contributed by atoms with van der Waals surface area (Å²) in [5.74, 6) is 0.204. The fourth-order valence-electron chi connectivity index (χ4n) is 1.28. The quantitative estimate of drug-likeness (QED) is 0.728. The van der Waals surface area contributed by atoms with Crippen LogP contribution in [0.2, 0.25) is 0 Å². The minimum absolute atomic E-state index is 0.00556. The van der Waals surface area contributed by atoms with E-state index in [2.05, 4.69) is 10.1 Å². The third kappa shape index (κ3) is 2.87. The van der Waals surface area contributed by atoms with Crippen molar-refractivity contribution in [3.63, 3.8) is 0 Å². The maximum Gasteiger partial charge on any atom is 0.337 e. The van der Waals surface area contributed by atoms with Gasteiger partial charge in [-0.2, -0.15) is 0 Å². The van der Waals surface area contributed by atoms with Gasteiger partial charge in [0.1, 0.15) is 5.75 Å². The van der Waals surface area contributed by atoms with E-state index in [1.54, 1.807) is 18.2 Å². The van der Waals surface area contributed by atoms with Gasteiger partial charge in [-0.05, 0) is 18.2 Å². The number of carbonyl (C=O) groups excluding carboxylic acids is 1. The molecule has 0 saturated carbocycles. The highest BCUT2D eigenvalue weighted by molar-refractivity contribution is 5.91. The maximum atomic E-state index is 11.3. The van der Waals surface area contributed by atoms with Gasteiger partial charge in [-0.1, -0.05) is 0 Å². The van der Waals surface area contributed by atoms with E-state index >= 15 is 0 Å². The van der Waals surface area contributed by atoms with E-state index in [9.17, 15) is 4.79 Å². The van der Waals surface area contributed by atoms with Crippen LogP contribution >= 0.6 is 0 Å². The molecule has 88 valence electrons. The van der Waals surface area contributed by atoms with Crippen LogP contribution in [0, 0.1) is 0 Å². The Morgan fingerprint density at radius 1 is 1.44 bits per heavy atom. The van der Waals surface area contributed by atoms with E-state index in [-0.39, 0.29) is 6.61 Å². The van der Waals surface area contributed by atoms with Crippen molar-refractivity contribution in [2.75, 3.05) is 32.7 Å². The Balaban J connectivity index is 2.96. The van der Waals surface area contributed by atoms with Gasteiger partial charge >= 0.3 is 5.97 Å². The van der Waals surface area contributed by atoms with Crippen LogP contribution in [-0.4, -0.2) is 38.4 Å². The largest absolute Gasteiger partial charge is 0.495 e. The first-order valence-corrected chi connectivity index (χ1v) is 4.84. The molecule has 0 fully saturated rings. The first kappa shape index (κ1) is 12.3. The average Bonchev–Trinajstić information content (AvgIpc) is 2.34. The van der Waals surface area contributed by atoms with E-state index < -0.39 is 5.97 Å². The van der Waals surface area contributed by atoms with Crippen molar-refractivity contribution >= 4 is 11.7 Å². The minimum Gasteiger partial charge on any atom is -0.495 e. The van der Waals surface area contributed by atoms with E-state index in [1.807, 2.05) is 0 Å². The number of carbonyl (C=O) groups is 1. The summed E-state index contributed by atoms with van der Waals surface area (Å²) in [4.78, 5) is 11.3. The van der Waals surface area contributed by atoms with Gasteiger partial charge in [-0.25, -0.2) is 4.79 Å². The SMILES string of the molecule is COC(=O)c1ccc(OC)c(NCCO)c1. The predicted octanol–water partition coefficient (Wildman–Crippen LogP) is 0.886. The van der Waals surface area contributed by atoms with Crippen molar-refractivity contribution in [2.24, 2.45) is 0 Å². The Labute approximate surface area is 94.0 Å². The highest BCUT2D eigenvalue weighted by Gasteiger charge is 2.09. The minimum atomic E-state index is -0.408. The highest BCUT2D eigenvalue weighted by Crippen LogP contribution is 2.25. The van der Waals surface area contributed by atoms with Gasteiger partial charge < -0.3 is 19.9 Å². The average molecular weight is 225 g/mol. The normalized spacial score (nSPS) is 9.69. The summed E-state index contributed by atoms with van der Waals surface area (Å²) in [7, 11) is 2.87. The van der Waals surface area contributed by atoms with Crippen LogP contribution in [0.25, 0.3) is 0 Å². The molecule has 0 saturated heterocycles. The lowest BCUT2D eigenvalue weighted by Gasteiger charge is -2.11. The van der Waals surface area contributed by atoms with Crippen molar-refractivity contribution in [1.29, 1.82) is 0 Å². The number of methoxy groups -OCH3 is 2. The number of hydrogen-bond acceptors (Lipinski definition) is 5. The van der Waals surface area contributed by atoms with Crippen LogP contribution < -0.4 is 10.1 Å². The number of nitrogens with one attached hydrogen (secondary N) is 1. The Morgan fingerprint density at radius 2 is 2.19 bits per heavy atom. The highest BCUT2D eigenvalue weighted by atomic mass is 16.5. The predicted molar refractivity (Wildman–Crippen MR) is 59.9 cm³/mol. The second-order valence-corrected chi connectivity index (χ2v) is 3.06. The van der Waals surface area contributed by atoms with Crippen molar-refractivity contribution in [1.82, 2.24) is 0 Å². The molecule has 0 atom stereocenters. The second-order valence-electron chi connectivity index (χ2n) is 3.06. The molecule has 0 aliphatic heterocycles. The third-order valence-corrected chi connectivity index (χ3v) is 2.05. The Kier molecular flexibility index (Phi) is 4.60. The number of aliphatic hydroxyl groups is 1. The standard InChI is InChI=1S/C11H15NO4/c1-15-10-4-3-8(11(14)16-2)7-9(10)12-5-6-13/h3-4,7,12-13H,5-6H2,1-2H3. The summed E-state index contributed by atoms with van der Waals surface area (Å²) in [5.41, 5.74) is 1.09. The molecule has 0 bridgehead atoms. The summed E-state index contributed by atoms with van der Waals surface area (Å²) >= 11 is 0. The van der Waals surface area contributed by atoms with Crippen LogP contribution in [0.3, 0.4) is 0 Å². The Hall–Kier alpha value is -1.75. The second kappa shape index (κ2) is 5.97. The Morgan fingerprint density at radius 3 is 2.75 bits per heavy atom. The molecular weight excluding hydrogens is 210 g/mol. The molecule has 0 aliphatic rings. The molecule has 1 aromatic rings. The van der Waals surface area contributed by atoms with E-state index in [1.165, 1.54) is 14.2 Å². The molecule has 0 aliphatic carbocycles. The number of rotatable bonds is 5. The zero-order valence-corrected chi connectivity index (χ0v) is 9.32. The molecule has 2 N–H and O–H groups in total. The molecule has 16 heavy (non-hydrogen) atoms. The zero-order chi connectivity index (χ0) is 12.0. The molecule has 5 nitrogen and oxygen atoms in total. The van der Waals surface area contributed by atoms with Crippen molar-refractivity contribution < 1.29 is 19.4 Å². The number of ether oxygens (including phenoxy) is 2. The smallest absolute Gasteiger partial charge is 0.337 e. The lowest BCUT2D eigenvalue weighted by molar-refractivity contribution is 0.0601. The van der Waals surface area contributed by atoms with Crippen LogP contribution in [0.1, 0.15) is 10.4 Å². The first-order valence-electron chi connectivity index (χ1n) is 4.84. The lowest BCUT2D eigenvalue weighted by Crippen LogP contribution is -2.08. The van der Waals surface area contributed by atoms with E-state index in [0.717, 1.165) is 0 Å². The zero-order valence-electron chi connectivity index (χ0n) is 9.32. The van der Waals surface area contributed by atoms with Gasteiger partial charge in [0.25, 0.3) is 0 Å². The summed E-state index contributed by atoms with van der Waals surface area (Å²) in [5, 5.41) is 11.7. The Bertz CT molecular complexity index is 365. The van der Waals surface area contributed by atoms with Gasteiger partial charge in [0, 0.05) is 6.54 Å². The van der Waals surface area contributed by atoms with Crippen molar-refractivity contribution in [3.8, 4) is 5.75 Å². The number of benzene rings is 1. The maximum absolute atomic E-state index is 11.3. The van der Waals surface area contributed by atoms with E-state index in [0.29, 0.717) is 23.5 Å². The fourth-order valence-corrected chi connectivity index (χ4v) is 1.28. The van der Waals surface area contributed by atoms with Crippen LogP contribution in [0.5, 0.6) is 5.75 Å². The molecule has 0 radical (unpaired) electrons. The molecule has 0 spiro atoms. The molecule has 0 unspecified atom stereocenters. The summed E-state index contributed by atoms with van der Waals surface area (Å²) in [6, 6.07) is 4.92. The molecular formula is C11H15NO4. The third-order valence-electron chi connectivity index (χ3n) is 2.05. The van der Waals surface area contributed by atoms with Crippen molar-refractivity contribution in [2.45, 2.75) is 0 Å². The number of aliphatic hydroxyl groups excluding tert-OH is 1. The van der Waals surface area contributed by atoms with Gasteiger partial charge in [-0.15, -0.1) is 0 Å². The van der Waals surface area contributed by atoms with Crippen LogP contribution in [0.4, 0.5) is 5.69 Å². The van der Waals surface area contributed by atoms with Gasteiger partial charge in [0.05, 0.1) is 32.1 Å². The van der Waals surface area contributed by atoms with Crippen LogP contribution in [0.15, 0.2) is 18.2 Å². The monoisotopic (exact) mass is 225 g/mol. The van der Waals surface area contributed by atoms with Crippen LogP contribution in [-0.2, 0) is 4.74 Å². The fraction of sp³-hybridized carbons (Fsp3) is 0.364. The van der Waals surface area contributed by atoms with Crippen molar-refractivity contribution in [3.05, 3.63) is 23.8 Å². The molecule has 1 aromatic carbocycles.